The van der Waals surface area contributed by atoms with E-state index in [1.165, 1.54) is 24.8 Å². The van der Waals surface area contributed by atoms with Crippen LogP contribution in [0.4, 0.5) is 4.79 Å². The Morgan fingerprint density at radius 3 is 2.74 bits per heavy atom. The molecule has 0 bridgehead atoms. The van der Waals surface area contributed by atoms with Crippen LogP contribution in [0.25, 0.3) is 17.0 Å². The highest BCUT2D eigenvalue weighted by Crippen LogP contribution is 2.29. The molecule has 1 N–H and O–H groups in total. The Kier molecular flexibility index (Phi) is 4.86. The molecule has 1 aromatic heterocycles. The van der Waals surface area contributed by atoms with E-state index in [-0.39, 0.29) is 11.1 Å². The number of fused-ring (bicyclic) bond motifs is 1. The molecule has 1 fully saturated rings. The number of carbonyl (C=O) groups is 2. The fourth-order valence-electron chi connectivity index (χ4n) is 2.85. The highest BCUT2D eigenvalue weighted by atomic mass is 32.2. The Morgan fingerprint density at radius 2 is 2.00 bits per heavy atom. The number of para-hydroxylation sites is 1. The summed E-state index contributed by atoms with van der Waals surface area (Å²) in [5, 5.41) is 3.11. The number of unbranched alkanes of at least 4 members (excludes halogenated alkanes) is 3. The first-order chi connectivity index (χ1) is 11.2. The Bertz CT molecular complexity index is 776. The van der Waals surface area contributed by atoms with Crippen LogP contribution in [0.1, 0.15) is 38.2 Å². The van der Waals surface area contributed by atoms with E-state index in [1.807, 2.05) is 18.2 Å². The van der Waals surface area contributed by atoms with E-state index < -0.39 is 0 Å². The van der Waals surface area contributed by atoms with Gasteiger partial charge in [-0.15, -0.1) is 0 Å². The number of nitrogens with one attached hydrogen (secondary N) is 1. The van der Waals surface area contributed by atoms with Crippen molar-refractivity contribution in [3.05, 3.63) is 40.9 Å². The molecule has 1 aromatic carbocycles. The van der Waals surface area contributed by atoms with Gasteiger partial charge in [0, 0.05) is 29.2 Å². The normalized spacial score (nSPS) is 16.5. The first-order valence-electron chi connectivity index (χ1n) is 8.02. The molecule has 1 aliphatic rings. The summed E-state index contributed by atoms with van der Waals surface area (Å²) in [4.78, 5) is 23.5. The number of amides is 2. The van der Waals surface area contributed by atoms with Crippen LogP contribution in [0, 0.1) is 0 Å². The van der Waals surface area contributed by atoms with Gasteiger partial charge in [-0.1, -0.05) is 44.4 Å². The summed E-state index contributed by atoms with van der Waals surface area (Å²) in [5.41, 5.74) is 2.16. The minimum Gasteiger partial charge on any atom is -0.347 e. The first kappa shape index (κ1) is 15.9. The molecule has 5 heteroatoms. The summed E-state index contributed by atoms with van der Waals surface area (Å²) in [5.74, 6) is -0.306. The molecule has 0 spiro atoms. The van der Waals surface area contributed by atoms with Gasteiger partial charge in [0.05, 0.1) is 4.91 Å². The Labute approximate surface area is 139 Å². The molecule has 2 aromatic rings. The molecule has 1 aliphatic heterocycles. The smallest absolute Gasteiger partial charge is 0.290 e. The van der Waals surface area contributed by atoms with Crippen molar-refractivity contribution < 1.29 is 9.59 Å². The van der Waals surface area contributed by atoms with Crippen LogP contribution in [0.15, 0.2) is 35.4 Å². The second-order valence-corrected chi connectivity index (χ2v) is 6.72. The van der Waals surface area contributed by atoms with E-state index in [1.54, 1.807) is 0 Å². The van der Waals surface area contributed by atoms with Gasteiger partial charge in [0.25, 0.3) is 11.1 Å². The first-order valence-corrected chi connectivity index (χ1v) is 8.83. The van der Waals surface area contributed by atoms with Crippen molar-refractivity contribution in [2.75, 3.05) is 0 Å². The second kappa shape index (κ2) is 7.04. The van der Waals surface area contributed by atoms with E-state index in [0.29, 0.717) is 4.91 Å². The second-order valence-electron chi connectivity index (χ2n) is 5.71. The lowest BCUT2D eigenvalue weighted by Gasteiger charge is -2.04. The largest absolute Gasteiger partial charge is 0.347 e. The number of aryl methyl sites for hydroxylation is 1. The molecule has 0 atom stereocenters. The number of hydrogen-bond donors (Lipinski definition) is 1. The molecule has 4 nitrogen and oxygen atoms in total. The average molecular weight is 328 g/mol. The molecule has 1 saturated heterocycles. The van der Waals surface area contributed by atoms with E-state index in [0.717, 1.165) is 35.7 Å². The molecule has 0 unspecified atom stereocenters. The zero-order valence-electron chi connectivity index (χ0n) is 13.2. The maximum atomic E-state index is 11.7. The molecule has 2 amide bonds. The van der Waals surface area contributed by atoms with Gasteiger partial charge >= 0.3 is 0 Å². The summed E-state index contributed by atoms with van der Waals surface area (Å²) in [6.07, 6.45) is 8.76. The minimum absolute atomic E-state index is 0.301. The zero-order chi connectivity index (χ0) is 16.2. The number of thioether (sulfide) groups is 1. The van der Waals surface area contributed by atoms with Crippen LogP contribution >= 0.6 is 11.8 Å². The highest BCUT2D eigenvalue weighted by molar-refractivity contribution is 8.18. The number of nitrogens with zero attached hydrogens (tertiary/aromatic N) is 1. The van der Waals surface area contributed by atoms with E-state index >= 15 is 0 Å². The van der Waals surface area contributed by atoms with Gasteiger partial charge in [-0.25, -0.2) is 0 Å². The molecule has 23 heavy (non-hydrogen) atoms. The summed E-state index contributed by atoms with van der Waals surface area (Å²) in [7, 11) is 0. The summed E-state index contributed by atoms with van der Waals surface area (Å²) < 4.78 is 2.25. The maximum absolute atomic E-state index is 11.7. The third-order valence-corrected chi connectivity index (χ3v) is 4.81. The standard InChI is InChI=1S/C18H20N2O2S/c1-2-3-4-7-10-20-12-13(14-8-5-6-9-15(14)20)11-16-17(21)19-18(22)23-16/h5-6,8-9,11-12H,2-4,7,10H2,1H3,(H,19,21,22)/b16-11+. The van der Waals surface area contributed by atoms with Crippen molar-refractivity contribution in [2.24, 2.45) is 0 Å². The zero-order valence-corrected chi connectivity index (χ0v) is 14.0. The Morgan fingerprint density at radius 1 is 1.17 bits per heavy atom. The van der Waals surface area contributed by atoms with Crippen LogP contribution in [0.5, 0.6) is 0 Å². The SMILES string of the molecule is CCCCCCn1cc(/C=C2/SC(=O)NC2=O)c2ccccc21. The van der Waals surface area contributed by atoms with Crippen molar-refractivity contribution in [3.63, 3.8) is 0 Å². The minimum atomic E-state index is -0.306. The van der Waals surface area contributed by atoms with Crippen molar-refractivity contribution in [1.82, 2.24) is 9.88 Å². The third-order valence-electron chi connectivity index (χ3n) is 4.00. The lowest BCUT2D eigenvalue weighted by Crippen LogP contribution is -2.17. The molecule has 120 valence electrons. The van der Waals surface area contributed by atoms with E-state index in [2.05, 4.69) is 35.1 Å². The molecule has 0 saturated carbocycles. The topological polar surface area (TPSA) is 51.1 Å². The predicted molar refractivity (Wildman–Crippen MR) is 95.2 cm³/mol. The van der Waals surface area contributed by atoms with Gasteiger partial charge < -0.3 is 4.57 Å². The van der Waals surface area contributed by atoms with Crippen LogP contribution < -0.4 is 5.32 Å². The van der Waals surface area contributed by atoms with Crippen LogP contribution in [0.2, 0.25) is 0 Å². The Hall–Kier alpha value is -2.01. The molecule has 0 radical (unpaired) electrons. The van der Waals surface area contributed by atoms with Gasteiger partial charge in [-0.2, -0.15) is 0 Å². The van der Waals surface area contributed by atoms with Gasteiger partial charge in [0.1, 0.15) is 0 Å². The highest BCUT2D eigenvalue weighted by Gasteiger charge is 2.25. The number of imide groups is 1. The van der Waals surface area contributed by atoms with Gasteiger partial charge in [-0.3, -0.25) is 14.9 Å². The third kappa shape index (κ3) is 3.50. The van der Waals surface area contributed by atoms with Crippen molar-refractivity contribution in [1.29, 1.82) is 0 Å². The monoisotopic (exact) mass is 328 g/mol. The van der Waals surface area contributed by atoms with Crippen molar-refractivity contribution >= 4 is 39.9 Å². The van der Waals surface area contributed by atoms with E-state index in [9.17, 15) is 9.59 Å². The molecule has 3 rings (SSSR count). The van der Waals surface area contributed by atoms with Crippen molar-refractivity contribution in [2.45, 2.75) is 39.2 Å². The number of benzene rings is 1. The van der Waals surface area contributed by atoms with E-state index in [4.69, 9.17) is 0 Å². The maximum Gasteiger partial charge on any atom is 0.290 e. The summed E-state index contributed by atoms with van der Waals surface area (Å²) in [6, 6.07) is 8.19. The molecular formula is C18H20N2O2S. The lowest BCUT2D eigenvalue weighted by molar-refractivity contribution is -0.115. The van der Waals surface area contributed by atoms with Gasteiger partial charge in [0.15, 0.2) is 0 Å². The molecule has 2 heterocycles. The predicted octanol–water partition coefficient (Wildman–Crippen LogP) is 4.55. The number of hydrogen-bond acceptors (Lipinski definition) is 3. The lowest BCUT2D eigenvalue weighted by atomic mass is 10.1. The van der Waals surface area contributed by atoms with Crippen LogP contribution in [0.3, 0.4) is 0 Å². The van der Waals surface area contributed by atoms with Gasteiger partial charge in [-0.05, 0) is 30.3 Å². The quantitative estimate of drug-likeness (QED) is 0.625. The molecular weight excluding hydrogens is 308 g/mol. The van der Waals surface area contributed by atoms with Crippen LogP contribution in [-0.4, -0.2) is 15.7 Å². The summed E-state index contributed by atoms with van der Waals surface area (Å²) >= 11 is 0.963. The number of carbonyl (C=O) groups excluding carboxylic acids is 2. The summed E-state index contributed by atoms with van der Waals surface area (Å²) in [6.45, 7) is 3.18. The Balaban J connectivity index is 1.90. The number of aromatic nitrogens is 1. The number of rotatable bonds is 6. The average Bonchev–Trinajstić information content (AvgIpc) is 3.05. The van der Waals surface area contributed by atoms with Gasteiger partial charge in [0.2, 0.25) is 0 Å². The van der Waals surface area contributed by atoms with Crippen molar-refractivity contribution in [3.8, 4) is 0 Å². The fraction of sp³-hybridized carbons (Fsp3) is 0.333. The van der Waals surface area contributed by atoms with Crippen LogP contribution in [-0.2, 0) is 11.3 Å². The fourth-order valence-corrected chi connectivity index (χ4v) is 3.52. The molecule has 0 aliphatic carbocycles.